The van der Waals surface area contributed by atoms with Crippen LogP contribution in [0.4, 0.5) is 0 Å². The molecule has 1 saturated heterocycles. The fourth-order valence-electron chi connectivity index (χ4n) is 2.50. The first-order valence-electron chi connectivity index (χ1n) is 6.92. The summed E-state index contributed by atoms with van der Waals surface area (Å²) in [7, 11) is 3.58. The Kier molecular flexibility index (Phi) is 4.11. The molecule has 0 aromatic carbocycles. The maximum atomic E-state index is 12.3. The van der Waals surface area contributed by atoms with Crippen LogP contribution in [0.2, 0.25) is 0 Å². The molecule has 2 amide bonds. The van der Waals surface area contributed by atoms with Gasteiger partial charge in [-0.15, -0.1) is 0 Å². The molecule has 0 unspecified atom stereocenters. The highest BCUT2D eigenvalue weighted by molar-refractivity contribution is 5.93. The largest absolute Gasteiger partial charge is 0.345 e. The van der Waals surface area contributed by atoms with Gasteiger partial charge < -0.3 is 9.80 Å². The maximum Gasteiger partial charge on any atom is 0.256 e. The van der Waals surface area contributed by atoms with E-state index in [9.17, 15) is 9.59 Å². The lowest BCUT2D eigenvalue weighted by molar-refractivity contribution is -0.126. The number of carbonyl (C=O) groups excluding carboxylic acids is 2. The van der Waals surface area contributed by atoms with Crippen molar-refractivity contribution < 1.29 is 9.59 Å². The molecule has 1 aliphatic heterocycles. The zero-order valence-corrected chi connectivity index (χ0v) is 12.5. The summed E-state index contributed by atoms with van der Waals surface area (Å²) in [4.78, 5) is 27.2. The molecule has 0 radical (unpaired) electrons. The Balaban J connectivity index is 1.96. The summed E-state index contributed by atoms with van der Waals surface area (Å²) >= 11 is 0. The molecule has 0 aliphatic carbocycles. The molecule has 2 rings (SSSR count). The molecule has 1 fully saturated rings. The van der Waals surface area contributed by atoms with Gasteiger partial charge in [-0.1, -0.05) is 0 Å². The molecule has 110 valence electrons. The maximum absolute atomic E-state index is 12.3. The Bertz CT molecular complexity index is 509. The van der Waals surface area contributed by atoms with Gasteiger partial charge in [0.2, 0.25) is 5.91 Å². The van der Waals surface area contributed by atoms with Crippen LogP contribution in [0, 0.1) is 5.92 Å². The van der Waals surface area contributed by atoms with Gasteiger partial charge in [0.25, 0.3) is 5.91 Å². The Morgan fingerprint density at radius 2 is 2.25 bits per heavy atom. The molecule has 0 spiro atoms. The van der Waals surface area contributed by atoms with E-state index in [1.54, 1.807) is 41.0 Å². The number of nitrogens with zero attached hydrogens (tertiary/aromatic N) is 4. The summed E-state index contributed by atoms with van der Waals surface area (Å²) in [6.07, 6.45) is 3.90. The van der Waals surface area contributed by atoms with Crippen LogP contribution in [0.25, 0.3) is 0 Å². The predicted octanol–water partition coefficient (Wildman–Crippen LogP) is 1.01. The van der Waals surface area contributed by atoms with Crippen molar-refractivity contribution in [2.75, 3.05) is 27.2 Å². The molecular formula is C14H22N4O2. The number of amides is 2. The second kappa shape index (κ2) is 5.64. The van der Waals surface area contributed by atoms with Crippen molar-refractivity contribution in [1.29, 1.82) is 0 Å². The molecule has 0 saturated carbocycles. The summed E-state index contributed by atoms with van der Waals surface area (Å²) in [6, 6.07) is 0.239. The van der Waals surface area contributed by atoms with Crippen LogP contribution in [0.1, 0.15) is 36.7 Å². The molecular weight excluding hydrogens is 256 g/mol. The average molecular weight is 278 g/mol. The molecule has 1 aromatic rings. The van der Waals surface area contributed by atoms with Crippen molar-refractivity contribution in [3.05, 3.63) is 18.0 Å². The van der Waals surface area contributed by atoms with E-state index in [4.69, 9.17) is 0 Å². The molecule has 2 heterocycles. The van der Waals surface area contributed by atoms with Crippen molar-refractivity contribution in [2.45, 2.75) is 26.3 Å². The van der Waals surface area contributed by atoms with Gasteiger partial charge in [0.1, 0.15) is 0 Å². The minimum atomic E-state index is -0.0427. The fraction of sp³-hybridized carbons (Fsp3) is 0.643. The lowest BCUT2D eigenvalue weighted by atomic mass is 10.1. The van der Waals surface area contributed by atoms with Crippen molar-refractivity contribution >= 4 is 11.8 Å². The third-order valence-electron chi connectivity index (χ3n) is 3.68. The molecule has 1 aromatic heterocycles. The molecule has 1 atom stereocenters. The Morgan fingerprint density at radius 1 is 1.55 bits per heavy atom. The average Bonchev–Trinajstić information content (AvgIpc) is 2.96. The highest BCUT2D eigenvalue weighted by atomic mass is 16.2. The quantitative estimate of drug-likeness (QED) is 0.826. The number of hydrogen-bond donors (Lipinski definition) is 0. The van der Waals surface area contributed by atoms with Crippen LogP contribution in [0.5, 0.6) is 0 Å². The third-order valence-corrected chi connectivity index (χ3v) is 3.68. The molecule has 0 N–H and O–H groups in total. The van der Waals surface area contributed by atoms with E-state index in [-0.39, 0.29) is 23.8 Å². The van der Waals surface area contributed by atoms with E-state index in [2.05, 4.69) is 5.10 Å². The molecule has 6 heteroatoms. The predicted molar refractivity (Wildman–Crippen MR) is 75.3 cm³/mol. The van der Waals surface area contributed by atoms with Gasteiger partial charge in [-0.25, -0.2) is 0 Å². The van der Waals surface area contributed by atoms with Gasteiger partial charge in [0, 0.05) is 51.8 Å². The van der Waals surface area contributed by atoms with Gasteiger partial charge in [-0.3, -0.25) is 14.3 Å². The van der Waals surface area contributed by atoms with E-state index in [0.29, 0.717) is 18.5 Å². The van der Waals surface area contributed by atoms with Crippen LogP contribution >= 0.6 is 0 Å². The van der Waals surface area contributed by atoms with Crippen LogP contribution in [-0.4, -0.2) is 58.6 Å². The molecule has 6 nitrogen and oxygen atoms in total. The minimum absolute atomic E-state index is 0.0427. The summed E-state index contributed by atoms with van der Waals surface area (Å²) in [5.74, 6) is 0.337. The Labute approximate surface area is 119 Å². The van der Waals surface area contributed by atoms with E-state index in [1.165, 1.54) is 0 Å². The lowest BCUT2D eigenvalue weighted by Crippen LogP contribution is -2.32. The van der Waals surface area contributed by atoms with Crippen LogP contribution < -0.4 is 0 Å². The van der Waals surface area contributed by atoms with Crippen molar-refractivity contribution in [3.8, 4) is 0 Å². The zero-order valence-electron chi connectivity index (χ0n) is 12.5. The Hall–Kier alpha value is -1.85. The number of aromatic nitrogens is 2. The normalized spacial score (nSPS) is 18.9. The third kappa shape index (κ3) is 3.00. The second-order valence-corrected chi connectivity index (χ2v) is 5.83. The monoisotopic (exact) mass is 278 g/mol. The molecule has 0 bridgehead atoms. The van der Waals surface area contributed by atoms with Gasteiger partial charge in [0.15, 0.2) is 0 Å². The van der Waals surface area contributed by atoms with Crippen LogP contribution in [0.15, 0.2) is 12.4 Å². The second-order valence-electron chi connectivity index (χ2n) is 5.83. The van der Waals surface area contributed by atoms with Gasteiger partial charge in [0.05, 0.1) is 11.8 Å². The minimum Gasteiger partial charge on any atom is -0.345 e. The van der Waals surface area contributed by atoms with E-state index >= 15 is 0 Å². The first-order valence-corrected chi connectivity index (χ1v) is 6.92. The first-order chi connectivity index (χ1) is 9.38. The van der Waals surface area contributed by atoms with Gasteiger partial charge in [-0.2, -0.15) is 5.10 Å². The molecule has 1 aliphatic rings. The van der Waals surface area contributed by atoms with Crippen molar-refractivity contribution in [3.63, 3.8) is 0 Å². The highest BCUT2D eigenvalue weighted by Crippen LogP contribution is 2.17. The standard InChI is InChI=1S/C14H22N4O2/c1-10(2)18-9-12(6-15-18)14(20)17(4)8-11-5-13(19)16(3)7-11/h6,9-11H,5,7-8H2,1-4H3/t11-/m0/s1. The topological polar surface area (TPSA) is 58.4 Å². The summed E-state index contributed by atoms with van der Waals surface area (Å²) in [6.45, 7) is 5.36. The lowest BCUT2D eigenvalue weighted by Gasteiger charge is -2.20. The zero-order chi connectivity index (χ0) is 14.9. The number of rotatable bonds is 4. The van der Waals surface area contributed by atoms with Crippen molar-refractivity contribution in [2.24, 2.45) is 5.92 Å². The van der Waals surface area contributed by atoms with E-state index in [0.717, 1.165) is 6.54 Å². The van der Waals surface area contributed by atoms with Crippen molar-refractivity contribution in [1.82, 2.24) is 19.6 Å². The fourth-order valence-corrected chi connectivity index (χ4v) is 2.50. The Morgan fingerprint density at radius 3 is 2.75 bits per heavy atom. The van der Waals surface area contributed by atoms with Gasteiger partial charge in [-0.05, 0) is 13.8 Å². The number of likely N-dealkylation sites (tertiary alicyclic amines) is 1. The SMILES string of the molecule is CC(C)n1cc(C(=O)N(C)C[C@H]2CC(=O)N(C)C2)cn1. The van der Waals surface area contributed by atoms with Crippen LogP contribution in [0.3, 0.4) is 0 Å². The highest BCUT2D eigenvalue weighted by Gasteiger charge is 2.29. The number of hydrogen-bond acceptors (Lipinski definition) is 3. The summed E-state index contributed by atoms with van der Waals surface area (Å²) < 4.78 is 1.77. The van der Waals surface area contributed by atoms with Crippen LogP contribution in [-0.2, 0) is 4.79 Å². The first kappa shape index (κ1) is 14.6. The number of carbonyl (C=O) groups is 2. The van der Waals surface area contributed by atoms with E-state index < -0.39 is 0 Å². The smallest absolute Gasteiger partial charge is 0.256 e. The summed E-state index contributed by atoms with van der Waals surface area (Å²) in [5.41, 5.74) is 0.596. The molecule has 20 heavy (non-hydrogen) atoms. The summed E-state index contributed by atoms with van der Waals surface area (Å²) in [5, 5.41) is 4.18. The van der Waals surface area contributed by atoms with Gasteiger partial charge >= 0.3 is 0 Å². The van der Waals surface area contributed by atoms with E-state index in [1.807, 2.05) is 13.8 Å².